The van der Waals surface area contributed by atoms with Crippen LogP contribution in [0.1, 0.15) is 43.5 Å². The third-order valence-electron chi connectivity index (χ3n) is 5.97. The zero-order valence-corrected chi connectivity index (χ0v) is 20.8. The summed E-state index contributed by atoms with van der Waals surface area (Å²) in [4.78, 5) is 7.19. The van der Waals surface area contributed by atoms with Crippen LogP contribution < -0.4 is 10.6 Å². The molecule has 1 aromatic heterocycles. The molecule has 1 aromatic rings. The summed E-state index contributed by atoms with van der Waals surface area (Å²) in [5.74, 6) is 3.49. The maximum atomic E-state index is 4.53. The largest absolute Gasteiger partial charge is 0.356 e. The third kappa shape index (κ3) is 6.26. The fraction of sp³-hybridized carbons (Fsp3) is 0.800. The van der Waals surface area contributed by atoms with E-state index in [1.54, 1.807) is 0 Å². The van der Waals surface area contributed by atoms with Gasteiger partial charge in [0.15, 0.2) is 5.96 Å². The van der Waals surface area contributed by atoms with E-state index in [4.69, 9.17) is 0 Å². The number of aliphatic imine (C=N–C) groups is 1. The number of guanidine groups is 1. The topological polar surface area (TPSA) is 57.5 Å². The van der Waals surface area contributed by atoms with Crippen molar-refractivity contribution in [2.45, 2.75) is 58.0 Å². The Morgan fingerprint density at radius 3 is 2.54 bits per heavy atom. The number of aromatic nitrogens is 2. The Balaban J connectivity index is 0.00000280. The molecule has 0 amide bonds. The lowest BCUT2D eigenvalue weighted by Gasteiger charge is -2.43. The van der Waals surface area contributed by atoms with E-state index in [9.17, 15) is 0 Å². The molecule has 8 heteroatoms. The molecule has 1 saturated heterocycles. The number of hydrogen-bond acceptors (Lipinski definition) is 4. The molecule has 160 valence electrons. The Labute approximate surface area is 191 Å². The minimum Gasteiger partial charge on any atom is -0.356 e. The molecule has 28 heavy (non-hydrogen) atoms. The highest BCUT2D eigenvalue weighted by Crippen LogP contribution is 2.36. The molecule has 0 bridgehead atoms. The Kier molecular flexibility index (Phi) is 9.89. The van der Waals surface area contributed by atoms with Crippen LogP contribution in [-0.2, 0) is 6.54 Å². The molecule has 1 aliphatic carbocycles. The van der Waals surface area contributed by atoms with Crippen LogP contribution in [-0.4, -0.2) is 70.9 Å². The number of rotatable bonds is 7. The highest BCUT2D eigenvalue weighted by Gasteiger charge is 2.39. The Morgan fingerprint density at radius 2 is 1.93 bits per heavy atom. The van der Waals surface area contributed by atoms with Crippen molar-refractivity contribution < 1.29 is 0 Å². The summed E-state index contributed by atoms with van der Waals surface area (Å²) in [5.41, 5.74) is 2.66. The number of thioether (sulfide) groups is 1. The normalized spacial score (nSPS) is 20.0. The molecule has 3 rings (SSSR count). The van der Waals surface area contributed by atoms with Crippen LogP contribution in [0.15, 0.2) is 11.1 Å². The van der Waals surface area contributed by atoms with Crippen molar-refractivity contribution in [3.63, 3.8) is 0 Å². The summed E-state index contributed by atoms with van der Waals surface area (Å²) >= 11 is 2.09. The van der Waals surface area contributed by atoms with E-state index in [0.29, 0.717) is 5.54 Å². The number of nitrogens with one attached hydrogen (secondary N) is 2. The van der Waals surface area contributed by atoms with Crippen molar-refractivity contribution in [3.05, 3.63) is 17.5 Å². The average molecular weight is 521 g/mol. The van der Waals surface area contributed by atoms with E-state index in [-0.39, 0.29) is 24.0 Å². The molecular formula is C20H37IN6S. The maximum Gasteiger partial charge on any atom is 0.191 e. The number of hydrogen-bond donors (Lipinski definition) is 2. The van der Waals surface area contributed by atoms with E-state index in [0.717, 1.165) is 37.7 Å². The van der Waals surface area contributed by atoms with Crippen molar-refractivity contribution in [3.8, 4) is 0 Å². The molecule has 2 fully saturated rings. The van der Waals surface area contributed by atoms with Gasteiger partial charge in [-0.15, -0.1) is 24.0 Å². The third-order valence-corrected chi connectivity index (χ3v) is 6.91. The minimum atomic E-state index is 0. The molecule has 0 atom stereocenters. The van der Waals surface area contributed by atoms with Crippen LogP contribution in [0.2, 0.25) is 0 Å². The molecule has 0 aromatic carbocycles. The predicted octanol–water partition coefficient (Wildman–Crippen LogP) is 3.03. The molecule has 0 radical (unpaired) electrons. The van der Waals surface area contributed by atoms with Crippen LogP contribution >= 0.6 is 35.7 Å². The molecule has 1 saturated carbocycles. The zero-order valence-electron chi connectivity index (χ0n) is 17.7. The highest BCUT2D eigenvalue weighted by atomic mass is 127. The van der Waals surface area contributed by atoms with Gasteiger partial charge < -0.3 is 10.6 Å². The quantitative estimate of drug-likeness (QED) is 0.251. The summed E-state index contributed by atoms with van der Waals surface area (Å²) in [7, 11) is 1.87. The van der Waals surface area contributed by atoms with Gasteiger partial charge in [0.2, 0.25) is 0 Å². The Hall–Kier alpha value is -0.480. The first-order valence-electron chi connectivity index (χ1n) is 10.4. The van der Waals surface area contributed by atoms with Crippen LogP contribution in [0, 0.1) is 13.8 Å². The van der Waals surface area contributed by atoms with Gasteiger partial charge in [-0.1, -0.05) is 12.8 Å². The summed E-state index contributed by atoms with van der Waals surface area (Å²) in [6.07, 6.45) is 6.40. The van der Waals surface area contributed by atoms with Crippen molar-refractivity contribution in [2.24, 2.45) is 4.99 Å². The van der Waals surface area contributed by atoms with E-state index in [1.807, 2.05) is 14.0 Å². The van der Waals surface area contributed by atoms with Crippen LogP contribution in [0.5, 0.6) is 0 Å². The van der Waals surface area contributed by atoms with Gasteiger partial charge in [0.25, 0.3) is 0 Å². The molecule has 6 nitrogen and oxygen atoms in total. The molecule has 2 aliphatic rings. The summed E-state index contributed by atoms with van der Waals surface area (Å²) in [5, 5.41) is 11.6. The fourth-order valence-electron chi connectivity index (χ4n) is 4.48. The Bertz CT molecular complexity index is 620. The van der Waals surface area contributed by atoms with Crippen LogP contribution in [0.25, 0.3) is 0 Å². The second-order valence-corrected chi connectivity index (χ2v) is 9.11. The second-order valence-electron chi connectivity index (χ2n) is 7.89. The van der Waals surface area contributed by atoms with Gasteiger partial charge in [0, 0.05) is 62.5 Å². The first-order chi connectivity index (χ1) is 13.1. The lowest BCUT2D eigenvalue weighted by Crippen LogP contribution is -2.57. The number of halogens is 1. The van der Waals surface area contributed by atoms with E-state index in [2.05, 4.69) is 55.1 Å². The molecule has 1 aliphatic heterocycles. The van der Waals surface area contributed by atoms with Gasteiger partial charge in [-0.25, -0.2) is 0 Å². The fourth-order valence-corrected chi connectivity index (χ4v) is 5.38. The molecular weight excluding hydrogens is 483 g/mol. The van der Waals surface area contributed by atoms with Crippen LogP contribution in [0.3, 0.4) is 0 Å². The maximum absolute atomic E-state index is 4.53. The van der Waals surface area contributed by atoms with Gasteiger partial charge >= 0.3 is 0 Å². The zero-order chi connectivity index (χ0) is 19.1. The summed E-state index contributed by atoms with van der Waals surface area (Å²) in [6, 6.07) is 2.13. The number of aryl methyl sites for hydroxylation is 3. The van der Waals surface area contributed by atoms with Crippen molar-refractivity contribution >= 4 is 41.7 Å². The number of nitrogens with zero attached hydrogens (tertiary/aromatic N) is 4. The van der Waals surface area contributed by atoms with Gasteiger partial charge in [-0.05, 0) is 39.2 Å². The predicted molar refractivity (Wildman–Crippen MR) is 131 cm³/mol. The molecule has 2 heterocycles. The lowest BCUT2D eigenvalue weighted by molar-refractivity contribution is 0.107. The van der Waals surface area contributed by atoms with Crippen molar-refractivity contribution in [1.82, 2.24) is 25.3 Å². The van der Waals surface area contributed by atoms with E-state index < -0.39 is 0 Å². The van der Waals surface area contributed by atoms with E-state index >= 15 is 0 Å². The Morgan fingerprint density at radius 1 is 1.21 bits per heavy atom. The standard InChI is InChI=1S/C20H36N6S.HI/c1-17-15-18(2)26(24-17)10-6-9-22-19(21-3)23-16-20(7-4-5-8-20)25-11-13-27-14-12-25;/h15H,4-14,16H2,1-3H3,(H2,21,22,23);1H. The average Bonchev–Trinajstić information content (AvgIpc) is 3.29. The smallest absolute Gasteiger partial charge is 0.191 e. The van der Waals surface area contributed by atoms with Crippen molar-refractivity contribution in [1.29, 1.82) is 0 Å². The van der Waals surface area contributed by atoms with Gasteiger partial charge in [-0.3, -0.25) is 14.6 Å². The molecule has 2 N–H and O–H groups in total. The molecule has 0 spiro atoms. The van der Waals surface area contributed by atoms with Crippen LogP contribution in [0.4, 0.5) is 0 Å². The molecule has 0 unspecified atom stereocenters. The second kappa shape index (κ2) is 11.6. The van der Waals surface area contributed by atoms with Gasteiger partial charge in [0.05, 0.1) is 5.69 Å². The SMILES string of the molecule is CN=C(NCCCn1nc(C)cc1C)NCC1(N2CCSCC2)CCCC1.I. The monoisotopic (exact) mass is 520 g/mol. The summed E-state index contributed by atoms with van der Waals surface area (Å²) in [6.45, 7) is 9.50. The van der Waals surface area contributed by atoms with Gasteiger partial charge in [0.1, 0.15) is 0 Å². The first kappa shape index (κ1) is 23.8. The van der Waals surface area contributed by atoms with Crippen molar-refractivity contribution in [2.75, 3.05) is 44.7 Å². The summed E-state index contributed by atoms with van der Waals surface area (Å²) < 4.78 is 2.09. The lowest BCUT2D eigenvalue weighted by atomic mass is 9.94. The highest BCUT2D eigenvalue weighted by molar-refractivity contribution is 14.0. The minimum absolute atomic E-state index is 0. The van der Waals surface area contributed by atoms with Gasteiger partial charge in [-0.2, -0.15) is 16.9 Å². The van der Waals surface area contributed by atoms with E-state index in [1.165, 1.54) is 56.0 Å². The first-order valence-corrected chi connectivity index (χ1v) is 11.6.